The van der Waals surface area contributed by atoms with Gasteiger partial charge in [-0.25, -0.2) is 15.0 Å². The van der Waals surface area contributed by atoms with E-state index in [1.165, 1.54) is 11.1 Å². The Bertz CT molecular complexity index is 2370. The molecule has 2 aromatic heterocycles. The van der Waals surface area contributed by atoms with E-state index in [0.29, 0.717) is 17.5 Å². The Labute approximate surface area is 272 Å². The van der Waals surface area contributed by atoms with E-state index in [2.05, 4.69) is 91.5 Å². The molecule has 0 fully saturated rings. The molecule has 0 amide bonds. The van der Waals surface area contributed by atoms with Gasteiger partial charge in [0.15, 0.2) is 23.1 Å². The molecule has 1 aliphatic heterocycles. The molecule has 9 rings (SSSR count). The molecule has 3 heterocycles. The van der Waals surface area contributed by atoms with Crippen LogP contribution in [-0.2, 0) is 5.41 Å². The second-order valence-electron chi connectivity index (χ2n) is 12.5. The number of nitrogens with zero attached hydrogens (tertiary/aromatic N) is 4. The van der Waals surface area contributed by atoms with Gasteiger partial charge in [-0.05, 0) is 47.5 Å². The molecule has 6 aromatic carbocycles. The molecular weight excluding hydrogens is 576 g/mol. The van der Waals surface area contributed by atoms with Gasteiger partial charge in [0.2, 0.25) is 0 Å². The quantitative estimate of drug-likeness (QED) is 0.199. The highest BCUT2D eigenvalue weighted by molar-refractivity contribution is 6.12. The fourth-order valence-electron chi connectivity index (χ4n) is 6.93. The summed E-state index contributed by atoms with van der Waals surface area (Å²) in [7, 11) is 0. The first-order valence-corrected chi connectivity index (χ1v) is 15.9. The lowest BCUT2D eigenvalue weighted by molar-refractivity contribution is 0.624. The van der Waals surface area contributed by atoms with Crippen LogP contribution >= 0.6 is 0 Å². The lowest BCUT2D eigenvalue weighted by atomic mass is 9.73. The first-order chi connectivity index (χ1) is 23.1. The van der Waals surface area contributed by atoms with E-state index in [1.54, 1.807) is 0 Å². The van der Waals surface area contributed by atoms with E-state index < -0.39 is 0 Å². The van der Waals surface area contributed by atoms with Crippen molar-refractivity contribution in [2.24, 2.45) is 0 Å². The van der Waals surface area contributed by atoms with Crippen LogP contribution in [0, 0.1) is 0 Å². The summed E-state index contributed by atoms with van der Waals surface area (Å²) in [6, 6.07) is 50.1. The van der Waals surface area contributed by atoms with Gasteiger partial charge in [-0.3, -0.25) is 0 Å². The Morgan fingerprint density at radius 1 is 0.489 bits per heavy atom. The molecule has 0 saturated carbocycles. The van der Waals surface area contributed by atoms with Crippen LogP contribution in [0.1, 0.15) is 25.0 Å². The normalized spacial score (nSPS) is 13.4. The number of rotatable bonds is 4. The van der Waals surface area contributed by atoms with Crippen molar-refractivity contribution >= 4 is 39.0 Å². The van der Waals surface area contributed by atoms with Gasteiger partial charge in [-0.2, -0.15) is 0 Å². The molecule has 224 valence electrons. The smallest absolute Gasteiger partial charge is 0.164 e. The maximum atomic E-state index is 6.65. The highest BCUT2D eigenvalue weighted by atomic mass is 16.3. The Morgan fingerprint density at radius 2 is 1.04 bits per heavy atom. The van der Waals surface area contributed by atoms with Crippen molar-refractivity contribution in [2.45, 2.75) is 19.3 Å². The Hall–Kier alpha value is -6.07. The van der Waals surface area contributed by atoms with Crippen LogP contribution in [0.2, 0.25) is 0 Å². The topological polar surface area (TPSA) is 55.1 Å². The zero-order valence-corrected chi connectivity index (χ0v) is 26.1. The molecule has 0 spiro atoms. The lowest BCUT2D eigenvalue weighted by Gasteiger charge is -2.41. The van der Waals surface area contributed by atoms with Crippen LogP contribution in [-0.4, -0.2) is 15.0 Å². The van der Waals surface area contributed by atoms with Gasteiger partial charge in [0, 0.05) is 38.6 Å². The zero-order chi connectivity index (χ0) is 31.5. The Balaban J connectivity index is 1.22. The molecule has 0 radical (unpaired) electrons. The van der Waals surface area contributed by atoms with E-state index in [4.69, 9.17) is 19.4 Å². The van der Waals surface area contributed by atoms with Crippen LogP contribution < -0.4 is 4.90 Å². The lowest BCUT2D eigenvalue weighted by Crippen LogP contribution is -2.30. The first-order valence-electron chi connectivity index (χ1n) is 15.9. The maximum absolute atomic E-state index is 6.65. The third-order valence-electron chi connectivity index (χ3n) is 9.32. The molecule has 0 N–H and O–H groups in total. The van der Waals surface area contributed by atoms with E-state index >= 15 is 0 Å². The molecule has 1 aliphatic rings. The SMILES string of the molecule is CC1(C)c2ccccc2N(c2ccc(-c3nc(-c4ccccc4)nc(-c4ccccc4)n3)cc2)c2c1ccc1c2oc2ccccc21. The molecular formula is C42H30N4O. The van der Waals surface area contributed by atoms with Gasteiger partial charge in [0.1, 0.15) is 5.58 Å². The maximum Gasteiger partial charge on any atom is 0.164 e. The molecule has 0 aliphatic carbocycles. The summed E-state index contributed by atoms with van der Waals surface area (Å²) in [5, 5.41) is 2.23. The number of fused-ring (bicyclic) bond motifs is 6. The van der Waals surface area contributed by atoms with Crippen LogP contribution in [0.4, 0.5) is 17.1 Å². The van der Waals surface area contributed by atoms with Crippen molar-refractivity contribution < 1.29 is 4.42 Å². The van der Waals surface area contributed by atoms with Crippen molar-refractivity contribution in [2.75, 3.05) is 4.90 Å². The largest absolute Gasteiger partial charge is 0.454 e. The van der Waals surface area contributed by atoms with Crippen molar-refractivity contribution in [1.29, 1.82) is 0 Å². The second-order valence-corrected chi connectivity index (χ2v) is 12.5. The van der Waals surface area contributed by atoms with Gasteiger partial charge < -0.3 is 9.32 Å². The molecule has 8 aromatic rings. The van der Waals surface area contributed by atoms with Crippen molar-refractivity contribution in [3.63, 3.8) is 0 Å². The number of furan rings is 1. The summed E-state index contributed by atoms with van der Waals surface area (Å²) in [4.78, 5) is 17.1. The molecule has 5 heteroatoms. The summed E-state index contributed by atoms with van der Waals surface area (Å²) in [6.07, 6.45) is 0. The monoisotopic (exact) mass is 606 g/mol. The third kappa shape index (κ3) is 4.35. The number of para-hydroxylation sites is 2. The van der Waals surface area contributed by atoms with Crippen molar-refractivity contribution in [3.8, 4) is 34.2 Å². The predicted octanol–water partition coefficient (Wildman–Crippen LogP) is 10.9. The van der Waals surface area contributed by atoms with Crippen LogP contribution in [0.5, 0.6) is 0 Å². The van der Waals surface area contributed by atoms with Gasteiger partial charge in [-0.15, -0.1) is 0 Å². The summed E-state index contributed by atoms with van der Waals surface area (Å²) in [5.41, 5.74) is 10.1. The fraction of sp³-hybridized carbons (Fsp3) is 0.0714. The third-order valence-corrected chi connectivity index (χ3v) is 9.32. The minimum Gasteiger partial charge on any atom is -0.454 e. The molecule has 47 heavy (non-hydrogen) atoms. The van der Waals surface area contributed by atoms with E-state index in [0.717, 1.165) is 55.7 Å². The van der Waals surface area contributed by atoms with Crippen LogP contribution in [0.15, 0.2) is 150 Å². The van der Waals surface area contributed by atoms with Crippen LogP contribution in [0.3, 0.4) is 0 Å². The standard InChI is InChI=1S/C42H30N4O/c1-42(2)33-18-10-11-19-35(33)46(37-34(42)26-25-32-31-17-9-12-20-36(31)47-38(32)37)30-23-21-29(22-24-30)41-44-39(27-13-5-3-6-14-27)43-40(45-41)28-15-7-4-8-16-28/h3-26H,1-2H3. The number of hydrogen-bond acceptors (Lipinski definition) is 5. The van der Waals surface area contributed by atoms with Gasteiger partial charge in [0.25, 0.3) is 0 Å². The number of benzene rings is 6. The minimum absolute atomic E-state index is 0.220. The summed E-state index contributed by atoms with van der Waals surface area (Å²) < 4.78 is 6.65. The van der Waals surface area contributed by atoms with Gasteiger partial charge in [0.05, 0.1) is 11.4 Å². The van der Waals surface area contributed by atoms with Gasteiger partial charge >= 0.3 is 0 Å². The first kappa shape index (κ1) is 27.3. The minimum atomic E-state index is -0.220. The number of aromatic nitrogens is 3. The van der Waals surface area contributed by atoms with Gasteiger partial charge in [-0.1, -0.05) is 123 Å². The Kier molecular flexibility index (Phi) is 6.09. The molecule has 0 unspecified atom stereocenters. The van der Waals surface area contributed by atoms with E-state index in [9.17, 15) is 0 Å². The molecule has 0 saturated heterocycles. The highest BCUT2D eigenvalue weighted by Crippen LogP contribution is 2.55. The zero-order valence-electron chi connectivity index (χ0n) is 26.1. The predicted molar refractivity (Wildman–Crippen MR) is 190 cm³/mol. The average molecular weight is 607 g/mol. The van der Waals surface area contributed by atoms with E-state index in [-0.39, 0.29) is 5.41 Å². The number of anilines is 3. The number of hydrogen-bond donors (Lipinski definition) is 0. The molecule has 0 bridgehead atoms. The van der Waals surface area contributed by atoms with Crippen molar-refractivity contribution in [3.05, 3.63) is 157 Å². The second kappa shape index (κ2) is 10.5. The average Bonchev–Trinajstić information content (AvgIpc) is 3.52. The fourth-order valence-corrected chi connectivity index (χ4v) is 6.93. The molecule has 0 atom stereocenters. The summed E-state index contributed by atoms with van der Waals surface area (Å²) in [6.45, 7) is 4.60. The summed E-state index contributed by atoms with van der Waals surface area (Å²) >= 11 is 0. The highest BCUT2D eigenvalue weighted by Gasteiger charge is 2.39. The van der Waals surface area contributed by atoms with E-state index in [1.807, 2.05) is 72.8 Å². The van der Waals surface area contributed by atoms with Crippen molar-refractivity contribution in [1.82, 2.24) is 15.0 Å². The van der Waals surface area contributed by atoms with Crippen LogP contribution in [0.25, 0.3) is 56.1 Å². The summed E-state index contributed by atoms with van der Waals surface area (Å²) in [5.74, 6) is 1.92. The molecule has 5 nitrogen and oxygen atoms in total. The Morgan fingerprint density at radius 3 is 1.70 bits per heavy atom.